The van der Waals surface area contributed by atoms with E-state index in [0.29, 0.717) is 11.0 Å². The maximum Gasteiger partial charge on any atom is 0.325 e. The van der Waals surface area contributed by atoms with Gasteiger partial charge in [0.15, 0.2) is 5.82 Å². The van der Waals surface area contributed by atoms with Gasteiger partial charge in [-0.15, -0.1) is 11.3 Å². The molecule has 0 saturated carbocycles. The molecule has 3 rings (SSSR count). The number of carbonyl (C=O) groups excluding carboxylic acids is 2. The van der Waals surface area contributed by atoms with Gasteiger partial charge in [0, 0.05) is 4.88 Å². The minimum atomic E-state index is -0.423. The molecule has 20 heavy (non-hydrogen) atoms. The van der Waals surface area contributed by atoms with E-state index in [9.17, 15) is 9.59 Å². The van der Waals surface area contributed by atoms with Crippen LogP contribution in [0.4, 0.5) is 4.79 Å². The highest BCUT2D eigenvalue weighted by molar-refractivity contribution is 7.18. The molecule has 0 aromatic carbocycles. The average molecular weight is 311 g/mol. The number of aryl methyl sites for hydroxylation is 2. The first-order valence-electron chi connectivity index (χ1n) is 5.97. The van der Waals surface area contributed by atoms with Crippen LogP contribution in [0.3, 0.4) is 0 Å². The topological polar surface area (TPSA) is 75.2 Å². The van der Waals surface area contributed by atoms with Crippen LogP contribution in [0.1, 0.15) is 16.3 Å². The van der Waals surface area contributed by atoms with Crippen molar-refractivity contribution >= 4 is 45.1 Å². The number of carbonyl (C=O) groups is 2. The summed E-state index contributed by atoms with van der Waals surface area (Å²) in [6.45, 7) is 4.03. The number of halogens is 1. The molecule has 1 N–H and O–H groups in total. The molecule has 3 heterocycles. The van der Waals surface area contributed by atoms with Gasteiger partial charge >= 0.3 is 6.03 Å². The Balaban J connectivity index is 2.01. The third-order valence-corrected chi connectivity index (χ3v) is 4.64. The van der Waals surface area contributed by atoms with Gasteiger partial charge in [0.05, 0.1) is 18.5 Å². The number of urea groups is 1. The number of hydrogen-bond donors (Lipinski definition) is 1. The van der Waals surface area contributed by atoms with Crippen LogP contribution in [0.15, 0.2) is 0 Å². The Labute approximate surface area is 123 Å². The summed E-state index contributed by atoms with van der Waals surface area (Å²) >= 11 is 7.72. The van der Waals surface area contributed by atoms with Gasteiger partial charge in [0.1, 0.15) is 9.98 Å². The molecule has 8 heteroatoms. The predicted molar refractivity (Wildman–Crippen MR) is 75.8 cm³/mol. The number of imide groups is 1. The van der Waals surface area contributed by atoms with Gasteiger partial charge in [-0.1, -0.05) is 11.6 Å². The molecule has 0 radical (unpaired) electrons. The van der Waals surface area contributed by atoms with Crippen LogP contribution in [0, 0.1) is 13.8 Å². The maximum atomic E-state index is 11.6. The third kappa shape index (κ3) is 2.03. The van der Waals surface area contributed by atoms with E-state index in [1.54, 1.807) is 0 Å². The van der Waals surface area contributed by atoms with Gasteiger partial charge in [-0.3, -0.25) is 9.69 Å². The number of nitrogens with one attached hydrogen (secondary N) is 1. The van der Waals surface area contributed by atoms with Crippen LogP contribution in [0.5, 0.6) is 0 Å². The van der Waals surface area contributed by atoms with Crippen LogP contribution >= 0.6 is 22.9 Å². The number of amides is 3. The lowest BCUT2D eigenvalue weighted by atomic mass is 10.2. The van der Waals surface area contributed by atoms with E-state index in [2.05, 4.69) is 15.3 Å². The quantitative estimate of drug-likeness (QED) is 0.680. The molecule has 1 saturated heterocycles. The molecule has 2 aromatic heterocycles. The summed E-state index contributed by atoms with van der Waals surface area (Å²) in [5, 5.41) is 3.66. The van der Waals surface area contributed by atoms with E-state index >= 15 is 0 Å². The van der Waals surface area contributed by atoms with Crippen molar-refractivity contribution in [3.8, 4) is 0 Å². The molecule has 0 spiro atoms. The van der Waals surface area contributed by atoms with E-state index < -0.39 is 6.03 Å². The number of thiophene rings is 1. The zero-order chi connectivity index (χ0) is 14.4. The smallest absolute Gasteiger partial charge is 0.325 e. The zero-order valence-electron chi connectivity index (χ0n) is 10.9. The van der Waals surface area contributed by atoms with Crippen molar-refractivity contribution in [3.63, 3.8) is 0 Å². The zero-order valence-corrected chi connectivity index (χ0v) is 12.4. The Morgan fingerprint density at radius 1 is 1.35 bits per heavy atom. The summed E-state index contributed by atoms with van der Waals surface area (Å²) in [5.74, 6) is 0.0857. The molecule has 0 atom stereocenters. The minimum Gasteiger partial charge on any atom is -0.329 e. The second kappa shape index (κ2) is 4.68. The van der Waals surface area contributed by atoms with Crippen molar-refractivity contribution in [2.45, 2.75) is 20.4 Å². The first-order valence-corrected chi connectivity index (χ1v) is 7.17. The highest BCUT2D eigenvalue weighted by Gasteiger charge is 2.29. The summed E-state index contributed by atoms with van der Waals surface area (Å²) in [6.07, 6.45) is 0. The molecular formula is C12H11ClN4O2S. The number of nitrogens with zero attached hydrogens (tertiary/aromatic N) is 3. The third-order valence-electron chi connectivity index (χ3n) is 3.27. The van der Waals surface area contributed by atoms with Crippen LogP contribution < -0.4 is 5.32 Å². The molecular weight excluding hydrogens is 300 g/mol. The Morgan fingerprint density at radius 2 is 2.10 bits per heavy atom. The van der Waals surface area contributed by atoms with Gasteiger partial charge < -0.3 is 5.32 Å². The Bertz CT molecular complexity index is 727. The van der Waals surface area contributed by atoms with Crippen molar-refractivity contribution in [1.29, 1.82) is 0 Å². The molecule has 0 aliphatic carbocycles. The second-order valence-corrected chi connectivity index (χ2v) is 6.09. The van der Waals surface area contributed by atoms with Gasteiger partial charge in [0.2, 0.25) is 5.91 Å². The van der Waals surface area contributed by atoms with E-state index in [4.69, 9.17) is 11.6 Å². The largest absolute Gasteiger partial charge is 0.329 e. The molecule has 3 amide bonds. The van der Waals surface area contributed by atoms with Crippen LogP contribution in [0.25, 0.3) is 10.2 Å². The number of hydrogen-bond acceptors (Lipinski definition) is 5. The fourth-order valence-corrected chi connectivity index (χ4v) is 3.50. The molecule has 6 nitrogen and oxygen atoms in total. The van der Waals surface area contributed by atoms with Crippen LogP contribution in [-0.4, -0.2) is 33.4 Å². The van der Waals surface area contributed by atoms with E-state index in [1.165, 1.54) is 11.3 Å². The second-order valence-electron chi connectivity index (χ2n) is 4.53. The Hall–Kier alpha value is -1.73. The van der Waals surface area contributed by atoms with Crippen LogP contribution in [-0.2, 0) is 11.3 Å². The molecule has 0 bridgehead atoms. The van der Waals surface area contributed by atoms with Gasteiger partial charge in [-0.2, -0.15) is 0 Å². The highest BCUT2D eigenvalue weighted by Crippen LogP contribution is 2.33. The predicted octanol–water partition coefficient (Wildman–Crippen LogP) is 2.01. The molecule has 1 fully saturated rings. The summed E-state index contributed by atoms with van der Waals surface area (Å²) in [5.41, 5.74) is 1.07. The van der Waals surface area contributed by atoms with E-state index in [1.807, 2.05) is 13.8 Å². The number of fused-ring (bicyclic) bond motifs is 1. The molecule has 1 aliphatic heterocycles. The molecule has 2 aromatic rings. The summed E-state index contributed by atoms with van der Waals surface area (Å²) < 4.78 is 0. The fourth-order valence-electron chi connectivity index (χ4n) is 2.07. The van der Waals surface area contributed by atoms with Crippen LogP contribution in [0.2, 0.25) is 5.15 Å². The van der Waals surface area contributed by atoms with Gasteiger partial charge in [-0.05, 0) is 19.4 Å². The summed E-state index contributed by atoms with van der Waals surface area (Å²) in [7, 11) is 0. The van der Waals surface area contributed by atoms with Gasteiger partial charge in [0.25, 0.3) is 0 Å². The fraction of sp³-hybridized carbons (Fsp3) is 0.333. The summed E-state index contributed by atoms with van der Waals surface area (Å²) in [4.78, 5) is 34.6. The maximum absolute atomic E-state index is 11.6. The minimum absolute atomic E-state index is 0.0199. The Kier molecular flexibility index (Phi) is 3.10. The standard InChI is InChI=1S/C12H11ClN4O2S/c1-5-6(2)20-11-9(5)10(13)15-7(16-11)4-17-8(18)3-14-12(17)19/h3-4H2,1-2H3,(H,14,19). The van der Waals surface area contributed by atoms with Crippen molar-refractivity contribution < 1.29 is 9.59 Å². The molecule has 0 unspecified atom stereocenters. The Morgan fingerprint density at radius 3 is 2.75 bits per heavy atom. The first-order chi connectivity index (χ1) is 9.47. The number of rotatable bonds is 2. The molecule has 104 valence electrons. The van der Waals surface area contributed by atoms with Crippen molar-refractivity contribution in [2.24, 2.45) is 0 Å². The van der Waals surface area contributed by atoms with E-state index in [-0.39, 0.29) is 19.0 Å². The SMILES string of the molecule is Cc1sc2nc(CN3C(=O)CNC3=O)nc(Cl)c2c1C. The average Bonchev–Trinajstić information content (AvgIpc) is 2.84. The highest BCUT2D eigenvalue weighted by atomic mass is 35.5. The van der Waals surface area contributed by atoms with E-state index in [0.717, 1.165) is 25.6 Å². The van der Waals surface area contributed by atoms with Gasteiger partial charge in [-0.25, -0.2) is 14.8 Å². The van der Waals surface area contributed by atoms with Crippen molar-refractivity contribution in [2.75, 3.05) is 6.54 Å². The first kappa shape index (κ1) is 13.3. The lowest BCUT2D eigenvalue weighted by Crippen LogP contribution is -2.31. The lowest BCUT2D eigenvalue weighted by Gasteiger charge is -2.11. The molecule has 1 aliphatic rings. The monoisotopic (exact) mass is 310 g/mol. The lowest BCUT2D eigenvalue weighted by molar-refractivity contribution is -0.125. The van der Waals surface area contributed by atoms with Crippen molar-refractivity contribution in [1.82, 2.24) is 20.2 Å². The number of aromatic nitrogens is 2. The summed E-state index contributed by atoms with van der Waals surface area (Å²) in [6, 6.07) is -0.423. The van der Waals surface area contributed by atoms with Crippen molar-refractivity contribution in [3.05, 3.63) is 21.4 Å². The normalized spacial score (nSPS) is 15.2.